The van der Waals surface area contributed by atoms with Crippen molar-refractivity contribution in [2.45, 2.75) is 367 Å². The van der Waals surface area contributed by atoms with Crippen molar-refractivity contribution in [1.29, 1.82) is 0 Å². The van der Waals surface area contributed by atoms with Gasteiger partial charge >= 0.3 is 39.5 Å². The summed E-state index contributed by atoms with van der Waals surface area (Å²) in [5.41, 5.74) is 0. The lowest BCUT2D eigenvalue weighted by atomic mass is 10.0. The molecule has 17 nitrogen and oxygen atoms in total. The molecule has 3 N–H and O–H groups in total. The first-order valence-corrected chi connectivity index (χ1v) is 41.5. The molecule has 5 unspecified atom stereocenters. The molecular weight excluding hydrogens is 1260 g/mol. The van der Waals surface area contributed by atoms with E-state index in [0.717, 1.165) is 122 Å². The van der Waals surface area contributed by atoms with Gasteiger partial charge < -0.3 is 33.8 Å². The molecule has 0 aliphatic rings. The largest absolute Gasteiger partial charge is 0.472 e. The standard InChI is InChI=1S/C77H140O17P2/c1-5-9-13-17-21-25-29-32-33-34-35-36-37-40-43-46-50-54-58-62-75(80)88-68-73(94-77(82)64-60-56-52-48-44-39-31-27-23-19-15-11-7-3)70-92-96(85,86)90-66-71(78)65-89-95(83,84)91-69-72(93-76(81)63-59-55-51-47-41-28-24-20-16-12-8-4)67-87-74(79)61-57-53-49-45-42-38-30-26-22-18-14-10-6-2/h9,13,21,25,32-33,35-36,40,43,71-73,78H,5-8,10-12,14-20,22-24,26-31,34,37-39,41-42,44-70H2,1-4H3,(H,83,84)(H,85,86)/b13-9-,25-21-,33-32-,36-35-,43-40-. The van der Waals surface area contributed by atoms with Gasteiger partial charge in [0.25, 0.3) is 0 Å². The molecule has 0 aromatic heterocycles. The molecule has 19 heteroatoms. The van der Waals surface area contributed by atoms with Crippen LogP contribution in [0.3, 0.4) is 0 Å². The molecule has 0 saturated heterocycles. The number of aliphatic hydroxyl groups is 1. The van der Waals surface area contributed by atoms with Gasteiger partial charge in [-0.3, -0.25) is 37.3 Å². The zero-order valence-electron chi connectivity index (χ0n) is 61.1. The van der Waals surface area contributed by atoms with Gasteiger partial charge in [-0.05, 0) is 70.6 Å². The first-order chi connectivity index (χ1) is 46.7. The van der Waals surface area contributed by atoms with E-state index in [1.54, 1.807) is 0 Å². The number of carbonyl (C=O) groups is 4. The minimum atomic E-state index is -4.97. The molecule has 0 heterocycles. The lowest BCUT2D eigenvalue weighted by Gasteiger charge is -2.21. The summed E-state index contributed by atoms with van der Waals surface area (Å²) in [5.74, 6) is -2.18. The highest BCUT2D eigenvalue weighted by molar-refractivity contribution is 7.47. The van der Waals surface area contributed by atoms with Gasteiger partial charge in [-0.15, -0.1) is 0 Å². The van der Waals surface area contributed by atoms with Crippen LogP contribution in [0.4, 0.5) is 0 Å². The molecule has 0 rings (SSSR count). The maximum atomic E-state index is 13.1. The first-order valence-electron chi connectivity index (χ1n) is 38.5. The molecule has 0 radical (unpaired) electrons. The Morgan fingerprint density at radius 1 is 0.302 bits per heavy atom. The van der Waals surface area contributed by atoms with Crippen LogP contribution in [0.5, 0.6) is 0 Å². The van der Waals surface area contributed by atoms with Crippen molar-refractivity contribution in [2.24, 2.45) is 0 Å². The van der Waals surface area contributed by atoms with Crippen LogP contribution in [0.15, 0.2) is 60.8 Å². The average Bonchev–Trinajstić information content (AvgIpc) is 1.17. The van der Waals surface area contributed by atoms with Crippen LogP contribution in [0.25, 0.3) is 0 Å². The molecule has 560 valence electrons. The zero-order chi connectivity index (χ0) is 70.4. The molecule has 0 aliphatic carbocycles. The summed E-state index contributed by atoms with van der Waals surface area (Å²) in [6.45, 7) is 4.77. The number of ether oxygens (including phenoxy) is 4. The second kappa shape index (κ2) is 70.2. The molecule has 0 fully saturated rings. The molecule has 5 atom stereocenters. The van der Waals surface area contributed by atoms with E-state index in [4.69, 9.17) is 37.0 Å². The number of unbranched alkanes of at least 4 members (excludes halogenated alkanes) is 37. The van der Waals surface area contributed by atoms with Crippen LogP contribution in [0, 0.1) is 0 Å². The highest BCUT2D eigenvalue weighted by Crippen LogP contribution is 2.45. The summed E-state index contributed by atoms with van der Waals surface area (Å²) in [4.78, 5) is 72.8. The fraction of sp³-hybridized carbons (Fsp3) is 0.818. The SMILES string of the molecule is CC/C=C\C/C=C\C/C=C\C/C=C\C/C=C\CCCCCC(=O)OCC(COP(=O)(O)OCC(O)COP(=O)(O)OCC(COC(=O)CCCCCCCCCCCCCCC)OC(=O)CCCCCCCCCCCCC)OC(=O)CCCCCCCCCCCCCCC. The van der Waals surface area contributed by atoms with Gasteiger partial charge in [-0.2, -0.15) is 0 Å². The minimum absolute atomic E-state index is 0.0935. The van der Waals surface area contributed by atoms with Crippen molar-refractivity contribution in [3.8, 4) is 0 Å². The van der Waals surface area contributed by atoms with Gasteiger partial charge in [0.15, 0.2) is 12.2 Å². The second-order valence-corrected chi connectivity index (χ2v) is 28.8. The third kappa shape index (κ3) is 69.2. The van der Waals surface area contributed by atoms with Crippen LogP contribution in [0.1, 0.15) is 349 Å². The predicted molar refractivity (Wildman–Crippen MR) is 390 cm³/mol. The van der Waals surface area contributed by atoms with E-state index in [-0.39, 0.29) is 25.7 Å². The Kier molecular flexibility index (Phi) is 67.8. The first kappa shape index (κ1) is 92.8. The number of rotatable bonds is 73. The fourth-order valence-electron chi connectivity index (χ4n) is 10.7. The van der Waals surface area contributed by atoms with E-state index in [9.17, 15) is 43.2 Å². The highest BCUT2D eigenvalue weighted by Gasteiger charge is 2.30. The normalized spacial score (nSPS) is 14.3. The van der Waals surface area contributed by atoms with Crippen molar-refractivity contribution in [1.82, 2.24) is 0 Å². The van der Waals surface area contributed by atoms with Gasteiger partial charge in [-0.1, -0.05) is 313 Å². The quantitative estimate of drug-likeness (QED) is 0.0169. The molecule has 0 spiro atoms. The number of phosphoric acid groups is 2. The third-order valence-electron chi connectivity index (χ3n) is 16.5. The Balaban J connectivity index is 5.30. The Morgan fingerprint density at radius 3 is 0.833 bits per heavy atom. The number of esters is 4. The summed E-state index contributed by atoms with van der Waals surface area (Å²) in [7, 11) is -9.93. The lowest BCUT2D eigenvalue weighted by molar-refractivity contribution is -0.161. The number of phosphoric ester groups is 2. The Bertz CT molecular complexity index is 2060. The van der Waals surface area contributed by atoms with Gasteiger partial charge in [0, 0.05) is 25.7 Å². The lowest BCUT2D eigenvalue weighted by Crippen LogP contribution is -2.30. The molecule has 96 heavy (non-hydrogen) atoms. The summed E-state index contributed by atoms with van der Waals surface area (Å²) in [6, 6.07) is 0. The van der Waals surface area contributed by atoms with E-state index >= 15 is 0 Å². The van der Waals surface area contributed by atoms with Crippen LogP contribution < -0.4 is 0 Å². The van der Waals surface area contributed by atoms with Crippen LogP contribution >= 0.6 is 15.6 Å². The van der Waals surface area contributed by atoms with Gasteiger partial charge in [0.05, 0.1) is 26.4 Å². The van der Waals surface area contributed by atoms with Gasteiger partial charge in [-0.25, -0.2) is 9.13 Å². The zero-order valence-corrected chi connectivity index (χ0v) is 62.8. The Morgan fingerprint density at radius 2 is 0.542 bits per heavy atom. The molecule has 0 saturated carbocycles. The Labute approximate surface area is 584 Å². The molecule has 0 aliphatic heterocycles. The van der Waals surface area contributed by atoms with Crippen molar-refractivity contribution >= 4 is 39.5 Å². The third-order valence-corrected chi connectivity index (χ3v) is 18.4. The Hall–Kier alpha value is -3.24. The average molecular weight is 1400 g/mol. The van der Waals surface area contributed by atoms with Crippen molar-refractivity contribution in [2.75, 3.05) is 39.6 Å². The topological polar surface area (TPSA) is 237 Å². The van der Waals surface area contributed by atoms with Crippen molar-refractivity contribution in [3.05, 3.63) is 60.8 Å². The number of allylic oxidation sites excluding steroid dienone is 10. The van der Waals surface area contributed by atoms with Crippen LogP contribution in [0.2, 0.25) is 0 Å². The van der Waals surface area contributed by atoms with Crippen molar-refractivity contribution in [3.63, 3.8) is 0 Å². The van der Waals surface area contributed by atoms with E-state index in [2.05, 4.69) is 88.5 Å². The van der Waals surface area contributed by atoms with E-state index < -0.39 is 97.5 Å². The van der Waals surface area contributed by atoms with Crippen LogP contribution in [-0.2, 0) is 65.4 Å². The monoisotopic (exact) mass is 1400 g/mol. The van der Waals surface area contributed by atoms with Gasteiger partial charge in [0.2, 0.25) is 0 Å². The van der Waals surface area contributed by atoms with E-state index in [1.807, 2.05) is 0 Å². The second-order valence-electron chi connectivity index (χ2n) is 25.9. The summed E-state index contributed by atoms with van der Waals surface area (Å²) in [5, 5.41) is 10.6. The predicted octanol–water partition coefficient (Wildman–Crippen LogP) is 21.9. The van der Waals surface area contributed by atoms with E-state index in [1.165, 1.54) is 148 Å². The highest BCUT2D eigenvalue weighted by atomic mass is 31.2. The van der Waals surface area contributed by atoms with E-state index in [0.29, 0.717) is 25.7 Å². The molecule has 0 bridgehead atoms. The molecule has 0 amide bonds. The number of hydrogen-bond acceptors (Lipinski definition) is 15. The number of aliphatic hydroxyl groups excluding tert-OH is 1. The number of hydrogen-bond donors (Lipinski definition) is 3. The smallest absolute Gasteiger partial charge is 0.462 e. The van der Waals surface area contributed by atoms with Gasteiger partial charge in [0.1, 0.15) is 19.3 Å². The van der Waals surface area contributed by atoms with Crippen molar-refractivity contribution < 1.29 is 80.2 Å². The maximum Gasteiger partial charge on any atom is 0.472 e. The summed E-state index contributed by atoms with van der Waals surface area (Å²) < 4.78 is 68.4. The van der Waals surface area contributed by atoms with Crippen LogP contribution in [-0.4, -0.2) is 96.7 Å². The molecule has 0 aromatic rings. The molecular formula is C77H140O17P2. The minimum Gasteiger partial charge on any atom is -0.462 e. The fourth-order valence-corrected chi connectivity index (χ4v) is 12.2. The number of carbonyl (C=O) groups excluding carboxylic acids is 4. The summed E-state index contributed by atoms with van der Waals surface area (Å²) >= 11 is 0. The summed E-state index contributed by atoms with van der Waals surface area (Å²) in [6.07, 6.45) is 67.8. The maximum absolute atomic E-state index is 13.1. The molecule has 0 aromatic carbocycles.